The van der Waals surface area contributed by atoms with Gasteiger partial charge in [0.25, 0.3) is 0 Å². The lowest BCUT2D eigenvalue weighted by atomic mass is 10.0. The van der Waals surface area contributed by atoms with E-state index < -0.39 is 0 Å². The molecule has 0 aromatic carbocycles. The van der Waals surface area contributed by atoms with Gasteiger partial charge in [0, 0.05) is 19.0 Å². The molecule has 3 fully saturated rings. The van der Waals surface area contributed by atoms with Crippen molar-refractivity contribution in [2.24, 2.45) is 5.92 Å². The molecule has 5 nitrogen and oxygen atoms in total. The molecule has 1 saturated carbocycles. The highest BCUT2D eigenvalue weighted by Gasteiger charge is 2.43. The van der Waals surface area contributed by atoms with Gasteiger partial charge < -0.3 is 14.9 Å². The van der Waals surface area contributed by atoms with E-state index in [0.717, 1.165) is 58.0 Å². The lowest BCUT2D eigenvalue weighted by Crippen LogP contribution is -2.53. The highest BCUT2D eigenvalue weighted by atomic mass is 16.3. The van der Waals surface area contributed by atoms with Crippen LogP contribution in [-0.4, -0.2) is 58.5 Å². The third-order valence-electron chi connectivity index (χ3n) is 4.87. The van der Waals surface area contributed by atoms with Gasteiger partial charge in [0.15, 0.2) is 0 Å². The van der Waals surface area contributed by atoms with Crippen LogP contribution < -0.4 is 0 Å². The summed E-state index contributed by atoms with van der Waals surface area (Å²) in [5, 5.41) is 9.45. The third-order valence-corrected chi connectivity index (χ3v) is 4.87. The van der Waals surface area contributed by atoms with Crippen LogP contribution in [0.4, 0.5) is 0 Å². The maximum Gasteiger partial charge on any atom is 0.245 e. The van der Waals surface area contributed by atoms with E-state index in [1.54, 1.807) is 0 Å². The molecule has 0 spiro atoms. The number of aliphatic hydroxyl groups is 1. The molecule has 0 bridgehead atoms. The molecule has 3 rings (SSSR count). The molecule has 2 unspecified atom stereocenters. The predicted molar refractivity (Wildman–Crippen MR) is 73.9 cm³/mol. The second-order valence-corrected chi connectivity index (χ2v) is 6.33. The summed E-state index contributed by atoms with van der Waals surface area (Å²) < 4.78 is 0. The van der Waals surface area contributed by atoms with E-state index in [0.29, 0.717) is 0 Å². The highest BCUT2D eigenvalue weighted by molar-refractivity contribution is 5.90. The molecule has 1 aliphatic carbocycles. The zero-order valence-corrected chi connectivity index (χ0v) is 12.0. The van der Waals surface area contributed by atoms with Crippen molar-refractivity contribution in [1.29, 1.82) is 0 Å². The van der Waals surface area contributed by atoms with E-state index >= 15 is 0 Å². The smallest absolute Gasteiger partial charge is 0.245 e. The van der Waals surface area contributed by atoms with E-state index in [1.165, 1.54) is 0 Å². The van der Waals surface area contributed by atoms with Crippen molar-refractivity contribution in [3.63, 3.8) is 0 Å². The monoisotopic (exact) mass is 280 g/mol. The Bertz CT molecular complexity index is 395. The zero-order chi connectivity index (χ0) is 14.1. The van der Waals surface area contributed by atoms with Crippen LogP contribution in [0.1, 0.15) is 44.9 Å². The Balaban J connectivity index is 1.69. The van der Waals surface area contributed by atoms with Crippen LogP contribution in [-0.2, 0) is 9.59 Å². The molecule has 2 heterocycles. The summed E-state index contributed by atoms with van der Waals surface area (Å²) in [5.74, 6) is 0.423. The first-order valence-corrected chi connectivity index (χ1v) is 7.94. The number of hydrogen-bond acceptors (Lipinski definition) is 3. The number of rotatable bonds is 3. The van der Waals surface area contributed by atoms with E-state index in [9.17, 15) is 14.7 Å². The number of amides is 2. The van der Waals surface area contributed by atoms with Gasteiger partial charge in [-0.2, -0.15) is 0 Å². The van der Waals surface area contributed by atoms with Crippen molar-refractivity contribution in [2.75, 3.05) is 19.7 Å². The Hall–Kier alpha value is -1.10. The van der Waals surface area contributed by atoms with E-state index in [2.05, 4.69) is 0 Å². The number of carbonyl (C=O) groups excluding carboxylic acids is 2. The lowest BCUT2D eigenvalue weighted by Gasteiger charge is -2.38. The third kappa shape index (κ3) is 2.55. The Labute approximate surface area is 119 Å². The molecule has 112 valence electrons. The zero-order valence-electron chi connectivity index (χ0n) is 12.0. The number of nitrogens with zero attached hydrogens (tertiary/aromatic N) is 2. The number of hydrogen-bond donors (Lipinski definition) is 1. The number of likely N-dealkylation sites (tertiary alicyclic amines) is 2. The second kappa shape index (κ2) is 5.72. The standard InChI is InChI=1S/C15H24N2O3/c18-10-12-4-1-2-8-16(12)15(20)13-5-3-9-17(13)14(19)11-6-7-11/h11-13,18H,1-10H2. The number of aliphatic hydroxyl groups excluding tert-OH is 1. The number of carbonyl (C=O) groups is 2. The quantitative estimate of drug-likeness (QED) is 0.830. The van der Waals surface area contributed by atoms with Crippen LogP contribution in [0.2, 0.25) is 0 Å². The summed E-state index contributed by atoms with van der Waals surface area (Å²) in [5.41, 5.74) is 0. The first-order chi connectivity index (χ1) is 9.72. The van der Waals surface area contributed by atoms with Gasteiger partial charge in [-0.05, 0) is 44.9 Å². The first-order valence-electron chi connectivity index (χ1n) is 7.94. The van der Waals surface area contributed by atoms with Crippen LogP contribution in [0.3, 0.4) is 0 Å². The average Bonchev–Trinajstić information content (AvgIpc) is 3.22. The van der Waals surface area contributed by atoms with Crippen molar-refractivity contribution >= 4 is 11.8 Å². The molecule has 0 radical (unpaired) electrons. The van der Waals surface area contributed by atoms with Gasteiger partial charge in [0.05, 0.1) is 12.6 Å². The van der Waals surface area contributed by atoms with Crippen LogP contribution in [0.15, 0.2) is 0 Å². The minimum atomic E-state index is -0.268. The van der Waals surface area contributed by atoms with Crippen molar-refractivity contribution in [3.8, 4) is 0 Å². The van der Waals surface area contributed by atoms with Crippen LogP contribution in [0.5, 0.6) is 0 Å². The van der Waals surface area contributed by atoms with Gasteiger partial charge in [-0.15, -0.1) is 0 Å². The molecule has 1 N–H and O–H groups in total. The molecule has 2 atom stereocenters. The molecule has 0 aromatic heterocycles. The maximum absolute atomic E-state index is 12.7. The molecule has 3 aliphatic rings. The highest BCUT2D eigenvalue weighted by Crippen LogP contribution is 2.34. The van der Waals surface area contributed by atoms with E-state index in [-0.39, 0.29) is 36.4 Å². The summed E-state index contributed by atoms with van der Waals surface area (Å²) in [6.07, 6.45) is 6.64. The molecule has 5 heteroatoms. The van der Waals surface area contributed by atoms with Crippen molar-refractivity contribution in [1.82, 2.24) is 9.80 Å². The van der Waals surface area contributed by atoms with Gasteiger partial charge in [-0.25, -0.2) is 0 Å². The second-order valence-electron chi connectivity index (χ2n) is 6.33. The van der Waals surface area contributed by atoms with Crippen LogP contribution in [0, 0.1) is 5.92 Å². The maximum atomic E-state index is 12.7. The summed E-state index contributed by atoms with van der Waals surface area (Å²) in [6.45, 7) is 1.49. The normalized spacial score (nSPS) is 30.6. The molecule has 2 amide bonds. The predicted octanol–water partition coefficient (Wildman–Crippen LogP) is 0.761. The summed E-state index contributed by atoms with van der Waals surface area (Å²) >= 11 is 0. The Morgan fingerprint density at radius 1 is 0.900 bits per heavy atom. The van der Waals surface area contributed by atoms with Gasteiger partial charge in [0.1, 0.15) is 6.04 Å². The fraction of sp³-hybridized carbons (Fsp3) is 0.867. The van der Waals surface area contributed by atoms with Gasteiger partial charge in [-0.1, -0.05) is 0 Å². The first kappa shape index (κ1) is 13.9. The fourth-order valence-corrected chi connectivity index (χ4v) is 3.52. The Morgan fingerprint density at radius 2 is 1.65 bits per heavy atom. The molecule has 20 heavy (non-hydrogen) atoms. The summed E-state index contributed by atoms with van der Waals surface area (Å²) in [4.78, 5) is 28.6. The van der Waals surface area contributed by atoms with Gasteiger partial charge in [0.2, 0.25) is 11.8 Å². The van der Waals surface area contributed by atoms with E-state index in [4.69, 9.17) is 0 Å². The minimum Gasteiger partial charge on any atom is -0.394 e. The topological polar surface area (TPSA) is 60.9 Å². The fourth-order valence-electron chi connectivity index (χ4n) is 3.52. The molecule has 0 aromatic rings. The minimum absolute atomic E-state index is 0.0367. The van der Waals surface area contributed by atoms with Crippen molar-refractivity contribution < 1.29 is 14.7 Å². The lowest BCUT2D eigenvalue weighted by molar-refractivity contribution is -0.147. The molecular weight excluding hydrogens is 256 g/mol. The molecule has 2 aliphatic heterocycles. The largest absolute Gasteiger partial charge is 0.394 e. The van der Waals surface area contributed by atoms with Gasteiger partial charge in [-0.3, -0.25) is 9.59 Å². The summed E-state index contributed by atoms with van der Waals surface area (Å²) in [6, 6.07) is -0.315. The van der Waals surface area contributed by atoms with Crippen molar-refractivity contribution in [3.05, 3.63) is 0 Å². The molecule has 2 saturated heterocycles. The van der Waals surface area contributed by atoms with Crippen LogP contribution in [0.25, 0.3) is 0 Å². The van der Waals surface area contributed by atoms with Crippen LogP contribution >= 0.6 is 0 Å². The molecular formula is C15H24N2O3. The summed E-state index contributed by atoms with van der Waals surface area (Å²) in [7, 11) is 0. The Kier molecular flexibility index (Phi) is 3.96. The van der Waals surface area contributed by atoms with Gasteiger partial charge >= 0.3 is 0 Å². The van der Waals surface area contributed by atoms with Crippen molar-refractivity contribution in [2.45, 2.75) is 57.0 Å². The average molecular weight is 280 g/mol. The van der Waals surface area contributed by atoms with E-state index in [1.807, 2.05) is 9.80 Å². The number of piperidine rings is 1. The Morgan fingerprint density at radius 3 is 2.35 bits per heavy atom. The SMILES string of the molecule is O=C(C1CCCN1C(=O)C1CC1)N1CCCCC1CO.